The highest BCUT2D eigenvalue weighted by atomic mass is 16.3. The first-order valence-corrected chi connectivity index (χ1v) is 22.5. The summed E-state index contributed by atoms with van der Waals surface area (Å²) < 4.78 is 6.42. The van der Waals surface area contributed by atoms with E-state index in [0.29, 0.717) is 0 Å². The van der Waals surface area contributed by atoms with Gasteiger partial charge in [-0.25, -0.2) is 0 Å². The molecule has 1 heterocycles. The summed E-state index contributed by atoms with van der Waals surface area (Å²) in [6, 6.07) is 74.2. The largest absolute Gasteiger partial charge is 0.456 e. The number of fused-ring (bicyclic) bond motifs is 8. The van der Waals surface area contributed by atoms with Crippen LogP contribution in [0.25, 0.3) is 55.0 Å². The Morgan fingerprint density at radius 3 is 1.67 bits per heavy atom. The molecule has 10 aromatic rings. The summed E-state index contributed by atoms with van der Waals surface area (Å²) in [5, 5.41) is 4.68. The molecule has 0 atom stereocenters. The van der Waals surface area contributed by atoms with Crippen molar-refractivity contribution in [3.8, 4) is 22.3 Å². The van der Waals surface area contributed by atoms with Crippen molar-refractivity contribution in [2.24, 2.45) is 0 Å². The zero-order valence-corrected chi connectivity index (χ0v) is 36.3. The molecule has 2 heteroatoms. The molecule has 0 saturated carbocycles. The molecular formula is C61H49NO. The first-order valence-electron chi connectivity index (χ1n) is 22.5. The van der Waals surface area contributed by atoms with E-state index in [9.17, 15) is 0 Å². The van der Waals surface area contributed by atoms with E-state index < -0.39 is 5.41 Å². The monoisotopic (exact) mass is 811 g/mol. The van der Waals surface area contributed by atoms with Gasteiger partial charge in [0.2, 0.25) is 0 Å². The third-order valence-corrected chi connectivity index (χ3v) is 14.6. The topological polar surface area (TPSA) is 16.4 Å². The highest BCUT2D eigenvalue weighted by Gasteiger charge is 2.48. The second-order valence-corrected chi connectivity index (χ2v) is 19.1. The van der Waals surface area contributed by atoms with Crippen LogP contribution in [0.1, 0.15) is 73.9 Å². The molecule has 2 aliphatic rings. The molecule has 0 radical (unpaired) electrons. The number of benzene rings is 9. The van der Waals surface area contributed by atoms with E-state index in [1.54, 1.807) is 0 Å². The van der Waals surface area contributed by atoms with Gasteiger partial charge in [-0.1, -0.05) is 167 Å². The van der Waals surface area contributed by atoms with Crippen molar-refractivity contribution in [2.75, 3.05) is 4.90 Å². The van der Waals surface area contributed by atoms with Gasteiger partial charge in [-0.3, -0.25) is 0 Å². The number of para-hydroxylation sites is 1. The normalized spacial score (nSPS) is 15.6. The van der Waals surface area contributed by atoms with Crippen LogP contribution in [-0.2, 0) is 16.2 Å². The molecule has 304 valence electrons. The molecule has 12 rings (SSSR count). The summed E-state index contributed by atoms with van der Waals surface area (Å²) in [7, 11) is 0. The summed E-state index contributed by atoms with van der Waals surface area (Å²) in [4.78, 5) is 2.35. The van der Waals surface area contributed by atoms with Crippen LogP contribution in [0.3, 0.4) is 0 Å². The maximum atomic E-state index is 6.42. The first-order chi connectivity index (χ1) is 30.7. The minimum atomic E-state index is -0.455. The van der Waals surface area contributed by atoms with E-state index in [1.807, 2.05) is 12.1 Å². The minimum Gasteiger partial charge on any atom is -0.456 e. The van der Waals surface area contributed by atoms with Crippen molar-refractivity contribution < 1.29 is 4.42 Å². The van der Waals surface area contributed by atoms with Crippen molar-refractivity contribution >= 4 is 49.8 Å². The summed E-state index contributed by atoms with van der Waals surface area (Å²) in [5.74, 6) is 0. The quantitative estimate of drug-likeness (QED) is 0.166. The van der Waals surface area contributed by atoms with Gasteiger partial charge in [-0.15, -0.1) is 0 Å². The summed E-state index contributed by atoms with van der Waals surface area (Å²) in [5.41, 5.74) is 18.1. The van der Waals surface area contributed by atoms with Gasteiger partial charge in [0.25, 0.3) is 0 Å². The molecule has 0 saturated heterocycles. The predicted molar refractivity (Wildman–Crippen MR) is 264 cm³/mol. The predicted octanol–water partition coefficient (Wildman–Crippen LogP) is 16.6. The molecule has 0 fully saturated rings. The standard InChI is InChI=1S/C61H49NO/c1-59(2)33-34-60(3,4)56-39-54-52(38-55(56)59)51-36-43(26-32-53(51)61(54,44-17-7-5-8-18-44)45-19-9-6-10-20-45)41-23-27-46(28-24-41)62(47-29-25-40-15-11-12-16-42(40)35-47)48-30-31-50-49-21-13-14-22-57(49)63-58(50)37-48/h5-32,35-39H,33-34H2,1-4H3. The molecule has 2 aliphatic carbocycles. The van der Waals surface area contributed by atoms with E-state index in [-0.39, 0.29) is 10.8 Å². The fraction of sp³-hybridized carbons (Fsp3) is 0.148. The van der Waals surface area contributed by atoms with Crippen LogP contribution >= 0.6 is 0 Å². The number of anilines is 3. The molecule has 0 N–H and O–H groups in total. The molecule has 2 nitrogen and oxygen atoms in total. The van der Waals surface area contributed by atoms with Gasteiger partial charge in [0, 0.05) is 33.9 Å². The van der Waals surface area contributed by atoms with Crippen LogP contribution in [0.2, 0.25) is 0 Å². The molecular weight excluding hydrogens is 763 g/mol. The minimum absolute atomic E-state index is 0.0826. The lowest BCUT2D eigenvalue weighted by molar-refractivity contribution is 0.331. The summed E-state index contributed by atoms with van der Waals surface area (Å²) in [6.07, 6.45) is 2.35. The number of rotatable bonds is 6. The summed E-state index contributed by atoms with van der Waals surface area (Å²) >= 11 is 0. The first kappa shape index (κ1) is 37.6. The summed E-state index contributed by atoms with van der Waals surface area (Å²) in [6.45, 7) is 9.78. The average Bonchev–Trinajstić information content (AvgIpc) is 3.84. The van der Waals surface area contributed by atoms with Crippen LogP contribution < -0.4 is 4.90 Å². The zero-order chi connectivity index (χ0) is 42.5. The molecule has 0 aliphatic heterocycles. The van der Waals surface area contributed by atoms with Gasteiger partial charge in [-0.2, -0.15) is 0 Å². The van der Waals surface area contributed by atoms with Crippen LogP contribution in [-0.4, -0.2) is 0 Å². The van der Waals surface area contributed by atoms with Gasteiger partial charge < -0.3 is 9.32 Å². The fourth-order valence-electron chi connectivity index (χ4n) is 11.2. The van der Waals surface area contributed by atoms with Crippen LogP contribution in [0.4, 0.5) is 17.1 Å². The molecule has 0 bridgehead atoms. The zero-order valence-electron chi connectivity index (χ0n) is 36.3. The molecule has 0 spiro atoms. The van der Waals surface area contributed by atoms with E-state index >= 15 is 0 Å². The van der Waals surface area contributed by atoms with Gasteiger partial charge >= 0.3 is 0 Å². The highest BCUT2D eigenvalue weighted by molar-refractivity contribution is 6.06. The number of nitrogens with zero attached hydrogens (tertiary/aromatic N) is 1. The molecule has 0 amide bonds. The number of hydrogen-bond donors (Lipinski definition) is 0. The second-order valence-electron chi connectivity index (χ2n) is 19.1. The van der Waals surface area contributed by atoms with Gasteiger partial charge in [0.05, 0.1) is 5.41 Å². The number of furan rings is 1. The lowest BCUT2D eigenvalue weighted by Crippen LogP contribution is -2.35. The van der Waals surface area contributed by atoms with Crippen LogP contribution in [0, 0.1) is 0 Å². The lowest BCUT2D eigenvalue weighted by Gasteiger charge is -2.43. The Bertz CT molecular complexity index is 3350. The Labute approximate surface area is 370 Å². The Kier molecular flexibility index (Phi) is 8.31. The van der Waals surface area contributed by atoms with Crippen molar-refractivity contribution in [1.29, 1.82) is 0 Å². The number of hydrogen-bond acceptors (Lipinski definition) is 2. The highest BCUT2D eigenvalue weighted by Crippen LogP contribution is 2.59. The van der Waals surface area contributed by atoms with E-state index in [2.05, 4.69) is 221 Å². The van der Waals surface area contributed by atoms with Gasteiger partial charge in [-0.05, 0) is 145 Å². The fourth-order valence-corrected chi connectivity index (χ4v) is 11.2. The Morgan fingerprint density at radius 2 is 0.937 bits per heavy atom. The van der Waals surface area contributed by atoms with Crippen molar-refractivity contribution in [3.63, 3.8) is 0 Å². The molecule has 63 heavy (non-hydrogen) atoms. The van der Waals surface area contributed by atoms with Gasteiger partial charge in [0.15, 0.2) is 0 Å². The molecule has 0 unspecified atom stereocenters. The third kappa shape index (κ3) is 5.77. The van der Waals surface area contributed by atoms with E-state index in [0.717, 1.165) is 39.0 Å². The maximum absolute atomic E-state index is 6.42. The van der Waals surface area contributed by atoms with Crippen molar-refractivity contribution in [1.82, 2.24) is 0 Å². The van der Waals surface area contributed by atoms with E-state index in [4.69, 9.17) is 4.42 Å². The molecule has 1 aromatic heterocycles. The maximum Gasteiger partial charge on any atom is 0.137 e. The van der Waals surface area contributed by atoms with Crippen LogP contribution in [0.5, 0.6) is 0 Å². The van der Waals surface area contributed by atoms with Crippen LogP contribution in [0.15, 0.2) is 205 Å². The molecule has 9 aromatic carbocycles. The average molecular weight is 812 g/mol. The SMILES string of the molecule is CC1(C)CCC(C)(C)c2cc3c(cc21)-c1cc(-c2ccc(N(c4ccc5ccccc5c4)c4ccc5c(c4)oc4ccccc45)cc2)ccc1C3(c1ccccc1)c1ccccc1. The Balaban J connectivity index is 1.02. The van der Waals surface area contributed by atoms with E-state index in [1.165, 1.54) is 79.2 Å². The smallest absolute Gasteiger partial charge is 0.137 e. The second kappa shape index (κ2) is 13.9. The Hall–Kier alpha value is -7.16. The Morgan fingerprint density at radius 1 is 0.381 bits per heavy atom. The lowest BCUT2D eigenvalue weighted by atomic mass is 9.61. The third-order valence-electron chi connectivity index (χ3n) is 14.6. The van der Waals surface area contributed by atoms with Gasteiger partial charge in [0.1, 0.15) is 11.2 Å². The van der Waals surface area contributed by atoms with Crippen molar-refractivity contribution in [2.45, 2.75) is 56.8 Å². The van der Waals surface area contributed by atoms with Crippen molar-refractivity contribution in [3.05, 3.63) is 234 Å².